The first-order chi connectivity index (χ1) is 6.29. The van der Waals surface area contributed by atoms with Crippen LogP contribution in [0.25, 0.3) is 0 Å². The summed E-state index contributed by atoms with van der Waals surface area (Å²) in [4.78, 5) is 17.6. The van der Waals surface area contributed by atoms with Gasteiger partial charge in [0.2, 0.25) is 5.91 Å². The van der Waals surface area contributed by atoms with Gasteiger partial charge < -0.3 is 4.74 Å². The maximum atomic E-state index is 10.4. The Labute approximate surface area is 77.9 Å². The molecule has 0 aromatic carbocycles. The van der Waals surface area contributed by atoms with Crippen LogP contribution in [0.15, 0.2) is 0 Å². The summed E-state index contributed by atoms with van der Waals surface area (Å²) in [5, 5.41) is 0. The van der Waals surface area contributed by atoms with Gasteiger partial charge in [0.25, 0.3) is 0 Å². The van der Waals surface area contributed by atoms with E-state index >= 15 is 0 Å². The van der Waals surface area contributed by atoms with E-state index in [1.807, 2.05) is 0 Å². The molecule has 1 saturated heterocycles. The summed E-state index contributed by atoms with van der Waals surface area (Å²) in [6, 6.07) is 0. The molecule has 1 aliphatic heterocycles. The van der Waals surface area contributed by atoms with Gasteiger partial charge in [0, 0.05) is 26.6 Å². The van der Waals surface area contributed by atoms with Crippen LogP contribution in [0.1, 0.15) is 6.92 Å². The van der Waals surface area contributed by atoms with E-state index in [0.717, 1.165) is 32.8 Å². The number of carbonyl (C=O) groups is 1. The zero-order valence-corrected chi connectivity index (χ0v) is 7.91. The van der Waals surface area contributed by atoms with E-state index in [2.05, 4.69) is 10.4 Å². The normalized spacial score (nSPS) is 18.5. The van der Waals surface area contributed by atoms with E-state index in [4.69, 9.17) is 9.57 Å². The van der Waals surface area contributed by atoms with Crippen LogP contribution >= 0.6 is 0 Å². The minimum Gasteiger partial charge on any atom is -0.379 e. The standard InChI is InChI=1S/C8H16N2O3/c1-8(11)9-13-7-4-10-2-5-12-6-3-10/h2-7H2,1H3,(H,9,11). The summed E-state index contributed by atoms with van der Waals surface area (Å²) >= 11 is 0. The minimum atomic E-state index is -0.165. The van der Waals surface area contributed by atoms with Gasteiger partial charge in [-0.3, -0.25) is 14.5 Å². The Balaban J connectivity index is 1.95. The first kappa shape index (κ1) is 10.4. The van der Waals surface area contributed by atoms with Crippen molar-refractivity contribution in [2.45, 2.75) is 6.92 Å². The van der Waals surface area contributed by atoms with Gasteiger partial charge in [-0.05, 0) is 0 Å². The molecule has 1 aliphatic rings. The number of morpholine rings is 1. The first-order valence-electron chi connectivity index (χ1n) is 4.47. The van der Waals surface area contributed by atoms with Crippen LogP contribution < -0.4 is 5.48 Å². The SMILES string of the molecule is CC(=O)NOCCN1CCOCC1. The highest BCUT2D eigenvalue weighted by Gasteiger charge is 2.09. The number of hydroxylamine groups is 1. The van der Waals surface area contributed by atoms with Crippen LogP contribution in [0.4, 0.5) is 0 Å². The second-order valence-electron chi connectivity index (χ2n) is 2.96. The lowest BCUT2D eigenvalue weighted by molar-refractivity contribution is -0.131. The molecular weight excluding hydrogens is 172 g/mol. The van der Waals surface area contributed by atoms with E-state index in [1.54, 1.807) is 0 Å². The Hall–Kier alpha value is -0.650. The number of hydrogen-bond acceptors (Lipinski definition) is 4. The Morgan fingerprint density at radius 1 is 1.54 bits per heavy atom. The molecule has 13 heavy (non-hydrogen) atoms. The largest absolute Gasteiger partial charge is 0.379 e. The molecule has 0 aliphatic carbocycles. The molecule has 1 fully saturated rings. The summed E-state index contributed by atoms with van der Waals surface area (Å²) in [6.45, 7) is 6.27. The maximum absolute atomic E-state index is 10.4. The second-order valence-corrected chi connectivity index (χ2v) is 2.96. The number of hydrogen-bond donors (Lipinski definition) is 1. The highest BCUT2D eigenvalue weighted by atomic mass is 16.6. The van der Waals surface area contributed by atoms with Crippen LogP contribution in [0.3, 0.4) is 0 Å². The molecule has 0 saturated carbocycles. The number of nitrogens with zero attached hydrogens (tertiary/aromatic N) is 1. The van der Waals surface area contributed by atoms with Crippen molar-refractivity contribution in [1.29, 1.82) is 0 Å². The van der Waals surface area contributed by atoms with Gasteiger partial charge in [0.05, 0.1) is 19.8 Å². The van der Waals surface area contributed by atoms with Crippen molar-refractivity contribution in [3.8, 4) is 0 Å². The lowest BCUT2D eigenvalue weighted by Gasteiger charge is -2.26. The van der Waals surface area contributed by atoms with Crippen LogP contribution in [0.2, 0.25) is 0 Å². The lowest BCUT2D eigenvalue weighted by Crippen LogP contribution is -2.39. The lowest BCUT2D eigenvalue weighted by atomic mass is 10.4. The Kier molecular flexibility index (Phi) is 4.74. The van der Waals surface area contributed by atoms with Crippen molar-refractivity contribution in [2.75, 3.05) is 39.5 Å². The van der Waals surface area contributed by atoms with Crippen LogP contribution in [-0.4, -0.2) is 50.3 Å². The molecule has 0 radical (unpaired) electrons. The van der Waals surface area contributed by atoms with E-state index in [9.17, 15) is 4.79 Å². The Morgan fingerprint density at radius 2 is 2.23 bits per heavy atom. The molecule has 1 amide bonds. The van der Waals surface area contributed by atoms with E-state index < -0.39 is 0 Å². The molecule has 0 unspecified atom stereocenters. The van der Waals surface area contributed by atoms with Crippen LogP contribution in [-0.2, 0) is 14.4 Å². The fourth-order valence-corrected chi connectivity index (χ4v) is 1.15. The molecule has 0 aromatic rings. The zero-order chi connectivity index (χ0) is 9.52. The van der Waals surface area contributed by atoms with E-state index in [-0.39, 0.29) is 5.91 Å². The maximum Gasteiger partial charge on any atom is 0.240 e. The molecule has 0 bridgehead atoms. The fraction of sp³-hybridized carbons (Fsp3) is 0.875. The van der Waals surface area contributed by atoms with E-state index in [1.165, 1.54) is 6.92 Å². The third kappa shape index (κ3) is 4.82. The molecule has 1 rings (SSSR count). The van der Waals surface area contributed by atoms with Gasteiger partial charge in [-0.1, -0.05) is 0 Å². The van der Waals surface area contributed by atoms with Crippen molar-refractivity contribution in [1.82, 2.24) is 10.4 Å². The number of amides is 1. The number of nitrogens with one attached hydrogen (secondary N) is 1. The van der Waals surface area contributed by atoms with Gasteiger partial charge in [-0.25, -0.2) is 5.48 Å². The smallest absolute Gasteiger partial charge is 0.240 e. The predicted octanol–water partition coefficient (Wildman–Crippen LogP) is -0.614. The van der Waals surface area contributed by atoms with Crippen molar-refractivity contribution in [3.05, 3.63) is 0 Å². The van der Waals surface area contributed by atoms with Crippen molar-refractivity contribution in [3.63, 3.8) is 0 Å². The highest BCUT2D eigenvalue weighted by molar-refractivity contribution is 5.71. The minimum absolute atomic E-state index is 0.165. The van der Waals surface area contributed by atoms with Gasteiger partial charge in [0.1, 0.15) is 0 Å². The molecule has 1 heterocycles. The molecule has 0 atom stereocenters. The average molecular weight is 188 g/mol. The zero-order valence-electron chi connectivity index (χ0n) is 7.91. The molecule has 0 spiro atoms. The quantitative estimate of drug-likeness (QED) is 0.472. The highest BCUT2D eigenvalue weighted by Crippen LogP contribution is 1.95. The summed E-state index contributed by atoms with van der Waals surface area (Å²) in [6.07, 6.45) is 0. The van der Waals surface area contributed by atoms with Gasteiger partial charge in [-0.2, -0.15) is 0 Å². The monoisotopic (exact) mass is 188 g/mol. The molecule has 76 valence electrons. The summed E-state index contributed by atoms with van der Waals surface area (Å²) in [5.41, 5.74) is 2.29. The fourth-order valence-electron chi connectivity index (χ4n) is 1.15. The Morgan fingerprint density at radius 3 is 2.85 bits per heavy atom. The molecule has 5 nitrogen and oxygen atoms in total. The second kappa shape index (κ2) is 5.90. The van der Waals surface area contributed by atoms with Gasteiger partial charge in [0.15, 0.2) is 0 Å². The van der Waals surface area contributed by atoms with Gasteiger partial charge >= 0.3 is 0 Å². The van der Waals surface area contributed by atoms with Crippen molar-refractivity contribution >= 4 is 5.91 Å². The summed E-state index contributed by atoms with van der Waals surface area (Å²) in [7, 11) is 0. The number of carbonyl (C=O) groups excluding carboxylic acids is 1. The average Bonchev–Trinajstić information content (AvgIpc) is 2.14. The molecule has 0 aromatic heterocycles. The first-order valence-corrected chi connectivity index (χ1v) is 4.47. The number of ether oxygens (including phenoxy) is 1. The molecular formula is C8H16N2O3. The molecule has 5 heteroatoms. The van der Waals surface area contributed by atoms with Crippen LogP contribution in [0, 0.1) is 0 Å². The summed E-state index contributed by atoms with van der Waals surface area (Å²) < 4.78 is 5.19. The topological polar surface area (TPSA) is 50.8 Å². The van der Waals surface area contributed by atoms with Crippen molar-refractivity contribution < 1.29 is 14.4 Å². The third-order valence-electron chi connectivity index (χ3n) is 1.83. The molecule has 1 N–H and O–H groups in total. The van der Waals surface area contributed by atoms with Gasteiger partial charge in [-0.15, -0.1) is 0 Å². The Bertz CT molecular complexity index is 157. The predicted molar refractivity (Wildman–Crippen MR) is 47.0 cm³/mol. The van der Waals surface area contributed by atoms with Crippen molar-refractivity contribution in [2.24, 2.45) is 0 Å². The number of rotatable bonds is 4. The van der Waals surface area contributed by atoms with E-state index in [0.29, 0.717) is 6.61 Å². The van der Waals surface area contributed by atoms with Crippen LogP contribution in [0.5, 0.6) is 0 Å². The third-order valence-corrected chi connectivity index (χ3v) is 1.83. The summed E-state index contributed by atoms with van der Waals surface area (Å²) in [5.74, 6) is -0.165.